The van der Waals surface area contributed by atoms with Gasteiger partial charge in [0.25, 0.3) is 11.8 Å². The Labute approximate surface area is 228 Å². The number of carbonyl (C=O) groups is 2. The minimum absolute atomic E-state index is 0.0380. The molecule has 3 aromatic rings. The van der Waals surface area contributed by atoms with Crippen molar-refractivity contribution in [2.45, 2.75) is 82.8 Å². The van der Waals surface area contributed by atoms with Gasteiger partial charge >= 0.3 is 6.18 Å². The molecular weight excluding hydrogens is 525 g/mol. The maximum atomic E-state index is 14.2. The third-order valence-electron chi connectivity index (χ3n) is 8.57. The van der Waals surface area contributed by atoms with Crippen molar-refractivity contribution in [3.05, 3.63) is 46.6 Å². The van der Waals surface area contributed by atoms with E-state index >= 15 is 0 Å². The molecule has 12 heteroatoms. The number of nitrogens with zero attached hydrogens (tertiary/aromatic N) is 4. The van der Waals surface area contributed by atoms with Gasteiger partial charge in [-0.15, -0.1) is 5.10 Å². The number of aromatic nitrogens is 3. The highest BCUT2D eigenvalue weighted by Gasteiger charge is 2.44. The van der Waals surface area contributed by atoms with Gasteiger partial charge in [0.1, 0.15) is 5.56 Å². The molecule has 2 saturated carbocycles. The van der Waals surface area contributed by atoms with Gasteiger partial charge in [0.05, 0.1) is 22.4 Å². The summed E-state index contributed by atoms with van der Waals surface area (Å²) in [7, 11) is 0. The van der Waals surface area contributed by atoms with E-state index in [1.165, 1.54) is 21.7 Å². The molecule has 0 bridgehead atoms. The van der Waals surface area contributed by atoms with Crippen LogP contribution in [-0.4, -0.2) is 54.1 Å². The zero-order chi connectivity index (χ0) is 28.6. The molecule has 1 atom stereocenters. The second-order valence-corrected chi connectivity index (χ2v) is 11.7. The predicted octanol–water partition coefficient (Wildman–Crippen LogP) is 4.18. The molecule has 2 fully saturated rings. The Kier molecular flexibility index (Phi) is 6.10. The fraction of sp³-hybridized carbons (Fsp3) is 0.500. The number of nitrogen functional groups attached to an aromatic ring is 1. The maximum Gasteiger partial charge on any atom is 0.417 e. The number of amides is 2. The topological polar surface area (TPSA) is 126 Å². The van der Waals surface area contributed by atoms with Gasteiger partial charge in [0, 0.05) is 30.4 Å². The number of nitrogens with one attached hydrogen (secondary N) is 1. The average molecular weight is 557 g/mol. The Morgan fingerprint density at radius 1 is 1.23 bits per heavy atom. The minimum atomic E-state index is -4.74. The summed E-state index contributed by atoms with van der Waals surface area (Å²) in [5.41, 5.74) is 4.86. The molecular formula is C28H31F3N6O3. The molecule has 212 valence electrons. The first-order valence-electron chi connectivity index (χ1n) is 13.6. The van der Waals surface area contributed by atoms with E-state index in [2.05, 4.69) is 15.4 Å². The number of benzene rings is 1. The van der Waals surface area contributed by atoms with E-state index in [0.717, 1.165) is 18.9 Å². The van der Waals surface area contributed by atoms with Crippen LogP contribution < -0.4 is 11.1 Å². The normalized spacial score (nSPS) is 23.9. The smallest absolute Gasteiger partial charge is 0.390 e. The fourth-order valence-electron chi connectivity index (χ4n) is 5.98. The van der Waals surface area contributed by atoms with Gasteiger partial charge in [-0.1, -0.05) is 0 Å². The van der Waals surface area contributed by atoms with Crippen LogP contribution in [0.5, 0.6) is 0 Å². The van der Waals surface area contributed by atoms with E-state index in [0.29, 0.717) is 37.2 Å². The van der Waals surface area contributed by atoms with Crippen molar-refractivity contribution >= 4 is 23.3 Å². The molecule has 6 rings (SSSR count). The monoisotopic (exact) mass is 556 g/mol. The Bertz CT molecular complexity index is 1520. The van der Waals surface area contributed by atoms with E-state index in [1.807, 2.05) is 6.92 Å². The van der Waals surface area contributed by atoms with Gasteiger partial charge in [-0.3, -0.25) is 9.59 Å². The summed E-state index contributed by atoms with van der Waals surface area (Å²) in [4.78, 5) is 32.4. The van der Waals surface area contributed by atoms with Crippen molar-refractivity contribution in [1.29, 1.82) is 0 Å². The van der Waals surface area contributed by atoms with Crippen LogP contribution in [0, 0.1) is 5.92 Å². The first kappa shape index (κ1) is 26.5. The van der Waals surface area contributed by atoms with Gasteiger partial charge in [0.15, 0.2) is 11.5 Å². The Hall–Kier alpha value is -3.67. The Morgan fingerprint density at radius 2 is 1.93 bits per heavy atom. The molecule has 9 nitrogen and oxygen atoms in total. The molecule has 4 N–H and O–H groups in total. The van der Waals surface area contributed by atoms with E-state index in [-0.39, 0.29) is 52.5 Å². The van der Waals surface area contributed by atoms with Crippen LogP contribution in [0.25, 0.3) is 16.9 Å². The highest BCUT2D eigenvalue weighted by Crippen LogP contribution is 2.43. The number of rotatable bonds is 5. The van der Waals surface area contributed by atoms with Crippen molar-refractivity contribution in [2.24, 2.45) is 5.92 Å². The van der Waals surface area contributed by atoms with Gasteiger partial charge in [-0.25, -0.2) is 9.50 Å². The van der Waals surface area contributed by atoms with Crippen LogP contribution in [0.2, 0.25) is 0 Å². The van der Waals surface area contributed by atoms with Crippen molar-refractivity contribution in [3.8, 4) is 11.3 Å². The number of hydrogen-bond acceptors (Lipinski definition) is 6. The van der Waals surface area contributed by atoms with Gasteiger partial charge in [-0.2, -0.15) is 13.2 Å². The molecule has 2 amide bonds. The first-order chi connectivity index (χ1) is 18.8. The van der Waals surface area contributed by atoms with Crippen molar-refractivity contribution in [2.75, 3.05) is 5.73 Å². The van der Waals surface area contributed by atoms with Gasteiger partial charge in [-0.05, 0) is 82.1 Å². The summed E-state index contributed by atoms with van der Waals surface area (Å²) >= 11 is 0. The van der Waals surface area contributed by atoms with Crippen molar-refractivity contribution in [3.63, 3.8) is 0 Å². The third kappa shape index (κ3) is 4.67. The molecule has 2 aliphatic carbocycles. The predicted molar refractivity (Wildman–Crippen MR) is 140 cm³/mol. The van der Waals surface area contributed by atoms with Crippen LogP contribution in [0.3, 0.4) is 0 Å². The van der Waals surface area contributed by atoms with Crippen molar-refractivity contribution in [1.82, 2.24) is 24.8 Å². The summed E-state index contributed by atoms with van der Waals surface area (Å²) in [5.74, 6) is -0.813. The minimum Gasteiger partial charge on any atom is -0.390 e. The van der Waals surface area contributed by atoms with Crippen LogP contribution >= 0.6 is 0 Å². The molecule has 3 aliphatic rings. The summed E-state index contributed by atoms with van der Waals surface area (Å²) in [6.45, 7) is 3.76. The molecule has 0 spiro atoms. The lowest BCUT2D eigenvalue weighted by Gasteiger charge is -2.33. The third-order valence-corrected chi connectivity index (χ3v) is 8.57. The summed E-state index contributed by atoms with van der Waals surface area (Å²) in [5, 5.41) is 17.3. The van der Waals surface area contributed by atoms with E-state index in [1.54, 1.807) is 13.0 Å². The van der Waals surface area contributed by atoms with Crippen LogP contribution in [0.15, 0.2) is 24.4 Å². The maximum absolute atomic E-state index is 14.2. The molecule has 0 radical (unpaired) electrons. The van der Waals surface area contributed by atoms with E-state index < -0.39 is 29.2 Å². The SMILES string of the molecule is C[C@@H](C1CC1)N1Cc2cc(-c3ccn4nc(N)c(C(=O)N[C@H]5CC[C@@](C)(O)CC5)c4n3)cc(C(F)(F)F)c2C1=O. The number of alkyl halides is 3. The highest BCUT2D eigenvalue weighted by atomic mass is 19.4. The Balaban J connectivity index is 1.36. The fourth-order valence-corrected chi connectivity index (χ4v) is 5.98. The van der Waals surface area contributed by atoms with Crippen LogP contribution in [0.4, 0.5) is 19.0 Å². The number of hydrogen-bond donors (Lipinski definition) is 3. The molecule has 3 heterocycles. The number of carbonyl (C=O) groups excluding carboxylic acids is 2. The zero-order valence-electron chi connectivity index (χ0n) is 22.3. The number of fused-ring (bicyclic) bond motifs is 2. The van der Waals surface area contributed by atoms with Crippen LogP contribution in [0.1, 0.15) is 84.2 Å². The second kappa shape index (κ2) is 9.18. The number of aliphatic hydroxyl groups is 1. The van der Waals surface area contributed by atoms with E-state index in [4.69, 9.17) is 5.73 Å². The molecule has 40 heavy (non-hydrogen) atoms. The second-order valence-electron chi connectivity index (χ2n) is 11.7. The average Bonchev–Trinajstić information content (AvgIpc) is 3.61. The van der Waals surface area contributed by atoms with E-state index in [9.17, 15) is 27.9 Å². The first-order valence-corrected chi connectivity index (χ1v) is 13.6. The lowest BCUT2D eigenvalue weighted by molar-refractivity contribution is -0.137. The summed E-state index contributed by atoms with van der Waals surface area (Å²) in [6.07, 6.45) is 0.976. The quantitative estimate of drug-likeness (QED) is 0.433. The van der Waals surface area contributed by atoms with Crippen LogP contribution in [-0.2, 0) is 12.7 Å². The highest BCUT2D eigenvalue weighted by molar-refractivity contribution is 6.04. The molecule has 0 saturated heterocycles. The zero-order valence-corrected chi connectivity index (χ0v) is 22.3. The summed E-state index contributed by atoms with van der Waals surface area (Å²) < 4.78 is 44.0. The van der Waals surface area contributed by atoms with Gasteiger partial charge < -0.3 is 21.1 Å². The van der Waals surface area contributed by atoms with Crippen molar-refractivity contribution < 1.29 is 27.9 Å². The lowest BCUT2D eigenvalue weighted by atomic mass is 9.83. The molecule has 1 aromatic carbocycles. The number of halogens is 3. The number of anilines is 1. The summed E-state index contributed by atoms with van der Waals surface area (Å²) in [6, 6.07) is 3.75. The molecule has 0 unspecified atom stereocenters. The number of nitrogens with two attached hydrogens (primary N) is 1. The Morgan fingerprint density at radius 3 is 2.58 bits per heavy atom. The molecule has 1 aliphatic heterocycles. The standard InChI is InChI=1S/C28H31F3N6O3/c1-14(15-3-4-15)36-13-17-11-16(12-19(28(29,30)31)21(17)26(36)39)20-7-10-37-24(34-20)22(23(32)35-37)25(38)33-18-5-8-27(2,40)9-6-18/h7,10-12,14-15,18,40H,3-6,8-9,13H2,1-2H3,(H2,32,35)(H,33,38)/t14-,18-,27+/m0/s1. The van der Waals surface area contributed by atoms with Gasteiger partial charge in [0.2, 0.25) is 0 Å². The largest absolute Gasteiger partial charge is 0.417 e. The lowest BCUT2D eigenvalue weighted by Crippen LogP contribution is -2.42. The molecule has 2 aromatic heterocycles.